The number of aromatic nitrogens is 3. The summed E-state index contributed by atoms with van der Waals surface area (Å²) < 4.78 is 1.71. The minimum atomic E-state index is -0.558. The number of hydrogen-bond donors (Lipinski definition) is 4. The van der Waals surface area contributed by atoms with Gasteiger partial charge in [-0.3, -0.25) is 28.7 Å². The van der Waals surface area contributed by atoms with Crippen LogP contribution in [0.4, 0.5) is 5.00 Å². The average molecular weight is 827 g/mol. The number of carbonyl (C=O) groups excluding carboxylic acids is 5. The van der Waals surface area contributed by atoms with E-state index < -0.39 is 6.61 Å². The zero-order chi connectivity index (χ0) is 39.9. The predicted molar refractivity (Wildman–Crippen MR) is 216 cm³/mol. The van der Waals surface area contributed by atoms with E-state index in [9.17, 15) is 29.1 Å². The molecule has 5 heterocycles. The third-order valence-electron chi connectivity index (χ3n) is 9.66. The first-order valence-electron chi connectivity index (χ1n) is 18.4. The van der Waals surface area contributed by atoms with Crippen molar-refractivity contribution in [1.29, 1.82) is 0 Å². The van der Waals surface area contributed by atoms with E-state index in [-0.39, 0.29) is 55.5 Å². The first-order valence-corrected chi connectivity index (χ1v) is 20.0. The quantitative estimate of drug-likeness (QED) is 0.132. The van der Waals surface area contributed by atoms with E-state index in [1.807, 2.05) is 37.2 Å². The molecule has 6 rings (SSSR count). The Hall–Kier alpha value is -4.74. The molecule has 0 aliphatic carbocycles. The highest BCUT2D eigenvalue weighted by atomic mass is 35.5. The number of aliphatic hydroxyl groups is 1. The van der Waals surface area contributed by atoms with Gasteiger partial charge >= 0.3 is 0 Å². The number of likely N-dealkylation sites (N-methyl/N-ethyl adjacent to an activating group) is 1. The number of nitrogens with one attached hydrogen (secondary N) is 3. The molecular formula is C38H45Cl2N9O6S. The van der Waals surface area contributed by atoms with Gasteiger partial charge in [0.1, 0.15) is 13.2 Å². The first-order chi connectivity index (χ1) is 26.9. The topological polar surface area (TPSA) is 176 Å². The zero-order valence-electron chi connectivity index (χ0n) is 31.3. The van der Waals surface area contributed by atoms with E-state index in [0.717, 1.165) is 32.1 Å². The number of aliphatic hydroxyl groups excluding tert-OH is 1. The molecule has 0 unspecified atom stereocenters. The highest BCUT2D eigenvalue weighted by Gasteiger charge is 2.29. The molecule has 3 aromatic heterocycles. The fraction of sp³-hybridized carbons (Fsp3) is 0.421. The fourth-order valence-corrected chi connectivity index (χ4v) is 8.18. The van der Waals surface area contributed by atoms with Gasteiger partial charge in [0.15, 0.2) is 0 Å². The van der Waals surface area contributed by atoms with Crippen LogP contribution in [-0.4, -0.2) is 131 Å². The van der Waals surface area contributed by atoms with Crippen molar-refractivity contribution in [1.82, 2.24) is 40.1 Å². The van der Waals surface area contributed by atoms with Gasteiger partial charge in [-0.1, -0.05) is 29.3 Å². The second kappa shape index (κ2) is 18.5. The summed E-state index contributed by atoms with van der Waals surface area (Å²) in [6.45, 7) is 2.70. The number of hydrogen-bond acceptors (Lipinski definition) is 9. The van der Waals surface area contributed by atoms with E-state index in [4.69, 9.17) is 28.3 Å². The molecule has 4 aromatic rings. The standard InChI is InChI=1S/C38H45Cl2N9O6S/c1-45(2)14-3-4-32(53)47-18-19-49(33(54)22-47)35-8-6-24(56-35)5-7-30(51)41-12-9-31(52)42-13-17-48-16-11-29(44-48)25-20-27(39)37(40)38-36(25)26-21-46(34(55)23-50)15-10-28(26)43-38/h3-4,6,8,11,16,20,43,50H,5,7,9-10,12-15,17-19,21-23H2,1-2H3,(H,41,51)(H,42,52)/b4-3+. The van der Waals surface area contributed by atoms with Crippen molar-refractivity contribution in [3.05, 3.63) is 68.8 Å². The summed E-state index contributed by atoms with van der Waals surface area (Å²) in [5.41, 5.74) is 3.95. The van der Waals surface area contributed by atoms with Gasteiger partial charge in [0.05, 0.1) is 32.8 Å². The Kier molecular flexibility index (Phi) is 13.5. The number of halogens is 2. The van der Waals surface area contributed by atoms with E-state index in [1.54, 1.807) is 37.7 Å². The molecule has 1 aromatic carbocycles. The van der Waals surface area contributed by atoms with Gasteiger partial charge in [-0.05, 0) is 44.8 Å². The van der Waals surface area contributed by atoms with Gasteiger partial charge in [-0.25, -0.2) is 0 Å². The number of thiophene rings is 1. The normalized spacial score (nSPS) is 14.6. The van der Waals surface area contributed by atoms with Crippen LogP contribution in [0.2, 0.25) is 10.0 Å². The van der Waals surface area contributed by atoms with Gasteiger partial charge in [0.2, 0.25) is 29.5 Å². The van der Waals surface area contributed by atoms with Crippen LogP contribution in [0.25, 0.3) is 22.2 Å². The van der Waals surface area contributed by atoms with Crippen molar-refractivity contribution in [2.75, 3.05) is 71.4 Å². The number of H-pyrrole nitrogens is 1. The van der Waals surface area contributed by atoms with Crippen LogP contribution in [0, 0.1) is 0 Å². The minimum absolute atomic E-state index is 0.0237. The smallest absolute Gasteiger partial charge is 0.248 e. The summed E-state index contributed by atoms with van der Waals surface area (Å²) in [6.07, 6.45) is 6.55. The molecule has 0 radical (unpaired) electrons. The molecule has 4 N–H and O–H groups in total. The van der Waals surface area contributed by atoms with Crippen molar-refractivity contribution in [2.24, 2.45) is 0 Å². The number of fused-ring (bicyclic) bond motifs is 3. The second-order valence-electron chi connectivity index (χ2n) is 13.9. The molecule has 0 atom stereocenters. The molecule has 2 aliphatic heterocycles. The lowest BCUT2D eigenvalue weighted by molar-refractivity contribution is -0.135. The molecule has 0 saturated carbocycles. The van der Waals surface area contributed by atoms with Crippen LogP contribution in [0.15, 0.2) is 42.6 Å². The molecular weight excluding hydrogens is 781 g/mol. The van der Waals surface area contributed by atoms with Crippen LogP contribution in [0.1, 0.15) is 29.0 Å². The number of piperazine rings is 1. The Labute approximate surface area is 338 Å². The predicted octanol–water partition coefficient (Wildman–Crippen LogP) is 2.83. The Morgan fingerprint density at radius 3 is 2.57 bits per heavy atom. The number of rotatable bonds is 15. The zero-order valence-corrected chi connectivity index (χ0v) is 33.6. The Bertz CT molecular complexity index is 2140. The number of aryl methyl sites for hydroxylation is 1. The van der Waals surface area contributed by atoms with E-state index >= 15 is 0 Å². The number of amides is 5. The third kappa shape index (κ3) is 9.79. The van der Waals surface area contributed by atoms with Crippen molar-refractivity contribution in [3.63, 3.8) is 0 Å². The Morgan fingerprint density at radius 1 is 1.02 bits per heavy atom. The lowest BCUT2D eigenvalue weighted by Crippen LogP contribution is -2.51. The highest BCUT2D eigenvalue weighted by Crippen LogP contribution is 2.42. The van der Waals surface area contributed by atoms with Gasteiger partial charge in [-0.15, -0.1) is 11.3 Å². The molecule has 2 aliphatic rings. The summed E-state index contributed by atoms with van der Waals surface area (Å²) in [4.78, 5) is 73.7. The molecule has 1 fully saturated rings. The van der Waals surface area contributed by atoms with E-state index in [1.165, 1.54) is 17.4 Å². The lowest BCUT2D eigenvalue weighted by Gasteiger charge is -2.33. The van der Waals surface area contributed by atoms with Gasteiger partial charge in [0, 0.05) is 104 Å². The lowest BCUT2D eigenvalue weighted by atomic mass is 9.99. The second-order valence-corrected chi connectivity index (χ2v) is 15.8. The molecule has 0 bridgehead atoms. The van der Waals surface area contributed by atoms with Crippen LogP contribution in [0.5, 0.6) is 0 Å². The van der Waals surface area contributed by atoms with Gasteiger partial charge in [-0.2, -0.15) is 5.10 Å². The molecule has 15 nitrogen and oxygen atoms in total. The van der Waals surface area contributed by atoms with Crippen molar-refractivity contribution < 1.29 is 29.1 Å². The summed E-state index contributed by atoms with van der Waals surface area (Å²) in [5, 5.41) is 22.2. The van der Waals surface area contributed by atoms with E-state index in [0.29, 0.717) is 79.9 Å². The van der Waals surface area contributed by atoms with Gasteiger partial charge < -0.3 is 40.3 Å². The minimum Gasteiger partial charge on any atom is -0.387 e. The average Bonchev–Trinajstić information content (AvgIpc) is 3.94. The SMILES string of the molecule is CN(C)C/C=C/C(=O)N1CCN(c2ccc(CCC(=O)NCCC(=O)NCCn3ccc(-c4cc(Cl)c(Cl)c5[nH]c6c(c45)CN(C(=O)CO)CC6)n3)s2)C(=O)C1. The van der Waals surface area contributed by atoms with Crippen LogP contribution in [-0.2, 0) is 49.9 Å². The third-order valence-corrected chi connectivity index (χ3v) is 11.6. The van der Waals surface area contributed by atoms with Crippen LogP contribution in [0.3, 0.4) is 0 Å². The molecule has 5 amide bonds. The van der Waals surface area contributed by atoms with Crippen molar-refractivity contribution in [2.45, 2.75) is 38.8 Å². The van der Waals surface area contributed by atoms with Crippen LogP contribution >= 0.6 is 34.5 Å². The molecule has 56 heavy (non-hydrogen) atoms. The molecule has 0 spiro atoms. The number of carbonyl (C=O) groups is 5. The number of aromatic amines is 1. The van der Waals surface area contributed by atoms with Crippen LogP contribution < -0.4 is 15.5 Å². The number of anilines is 1. The molecule has 18 heteroatoms. The summed E-state index contributed by atoms with van der Waals surface area (Å²) in [6, 6.07) is 7.39. The maximum absolute atomic E-state index is 12.8. The highest BCUT2D eigenvalue weighted by molar-refractivity contribution is 7.16. The fourth-order valence-electron chi connectivity index (χ4n) is 6.73. The Morgan fingerprint density at radius 2 is 1.80 bits per heavy atom. The number of nitrogens with zero attached hydrogens (tertiary/aromatic N) is 6. The maximum Gasteiger partial charge on any atom is 0.248 e. The largest absolute Gasteiger partial charge is 0.387 e. The van der Waals surface area contributed by atoms with Crippen molar-refractivity contribution in [3.8, 4) is 11.3 Å². The Balaban J connectivity index is 0.918. The monoisotopic (exact) mass is 825 g/mol. The first kappa shape index (κ1) is 40.9. The van der Waals surface area contributed by atoms with E-state index in [2.05, 4.69) is 15.6 Å². The van der Waals surface area contributed by atoms with Gasteiger partial charge in [0.25, 0.3) is 0 Å². The summed E-state index contributed by atoms with van der Waals surface area (Å²) in [5.74, 6) is -1.03. The molecule has 298 valence electrons. The number of benzene rings is 1. The molecule has 1 saturated heterocycles. The summed E-state index contributed by atoms with van der Waals surface area (Å²) in [7, 11) is 3.83. The van der Waals surface area contributed by atoms with Crippen molar-refractivity contribution >= 4 is 80.0 Å². The maximum atomic E-state index is 12.8. The summed E-state index contributed by atoms with van der Waals surface area (Å²) >= 11 is 14.6.